The molecule has 112 valence electrons. The number of piperidine rings is 1. The molecule has 6 nitrogen and oxygen atoms in total. The van der Waals surface area contributed by atoms with Crippen molar-refractivity contribution in [3.63, 3.8) is 0 Å². The summed E-state index contributed by atoms with van der Waals surface area (Å²) in [6, 6.07) is 7.96. The molecule has 2 aromatic heterocycles. The van der Waals surface area contributed by atoms with Crippen LogP contribution in [-0.4, -0.2) is 32.6 Å². The highest BCUT2D eigenvalue weighted by Crippen LogP contribution is 2.29. The molecule has 0 unspecified atom stereocenters. The number of para-hydroxylation sites is 2. The molecule has 1 saturated heterocycles. The lowest BCUT2D eigenvalue weighted by Gasteiger charge is -2.28. The summed E-state index contributed by atoms with van der Waals surface area (Å²) in [5.41, 5.74) is 8.93. The van der Waals surface area contributed by atoms with Crippen molar-refractivity contribution in [1.82, 2.24) is 19.5 Å². The Morgan fingerprint density at radius 2 is 1.68 bits per heavy atom. The van der Waals surface area contributed by atoms with E-state index in [0.717, 1.165) is 29.9 Å². The van der Waals surface area contributed by atoms with Gasteiger partial charge in [-0.15, -0.1) is 0 Å². The average Bonchev–Trinajstić information content (AvgIpc) is 3.00. The number of fused-ring (bicyclic) bond motifs is 1. The number of nitrogens with two attached hydrogens (primary N) is 1. The largest absolute Gasteiger partial charge is 0.393 e. The van der Waals surface area contributed by atoms with E-state index in [1.54, 1.807) is 12.7 Å². The number of nitrogen functional groups attached to an aromatic ring is 1. The molecule has 1 aliphatic heterocycles. The topological polar surface area (TPSA) is 72.9 Å². The molecule has 0 amide bonds. The summed E-state index contributed by atoms with van der Waals surface area (Å²) in [7, 11) is 0. The predicted molar refractivity (Wildman–Crippen MR) is 87.1 cm³/mol. The lowest BCUT2D eigenvalue weighted by atomic mass is 10.1. The van der Waals surface area contributed by atoms with Gasteiger partial charge >= 0.3 is 0 Å². The minimum absolute atomic E-state index is 0.618. The summed E-state index contributed by atoms with van der Waals surface area (Å²) < 4.78 is 1.93. The third-order valence-electron chi connectivity index (χ3n) is 4.18. The van der Waals surface area contributed by atoms with Crippen molar-refractivity contribution in [1.29, 1.82) is 0 Å². The Morgan fingerprint density at radius 1 is 0.909 bits per heavy atom. The number of nitrogens with zero attached hydrogens (tertiary/aromatic N) is 5. The van der Waals surface area contributed by atoms with Gasteiger partial charge in [-0.3, -0.25) is 4.57 Å². The molecule has 0 aliphatic carbocycles. The molecular weight excluding hydrogens is 276 g/mol. The number of hydrogen-bond donors (Lipinski definition) is 1. The van der Waals surface area contributed by atoms with E-state index < -0.39 is 0 Å². The second-order valence-electron chi connectivity index (χ2n) is 5.59. The van der Waals surface area contributed by atoms with Gasteiger partial charge in [0.25, 0.3) is 0 Å². The number of aromatic nitrogens is 4. The van der Waals surface area contributed by atoms with E-state index in [1.807, 2.05) is 28.8 Å². The normalized spacial score (nSPS) is 15.4. The molecule has 0 bridgehead atoms. The fourth-order valence-corrected chi connectivity index (χ4v) is 3.05. The monoisotopic (exact) mass is 294 g/mol. The van der Waals surface area contributed by atoms with Gasteiger partial charge in [-0.1, -0.05) is 12.1 Å². The summed E-state index contributed by atoms with van der Waals surface area (Å²) in [6.07, 6.45) is 7.01. The molecule has 22 heavy (non-hydrogen) atoms. The van der Waals surface area contributed by atoms with Crippen molar-refractivity contribution in [2.45, 2.75) is 19.3 Å². The number of rotatable bonds is 2. The van der Waals surface area contributed by atoms with Crippen LogP contribution < -0.4 is 10.6 Å². The number of imidazole rings is 1. The van der Waals surface area contributed by atoms with Crippen LogP contribution in [0.5, 0.6) is 0 Å². The van der Waals surface area contributed by atoms with E-state index >= 15 is 0 Å². The number of anilines is 2. The van der Waals surface area contributed by atoms with E-state index in [-0.39, 0.29) is 0 Å². The van der Waals surface area contributed by atoms with Crippen LogP contribution in [-0.2, 0) is 0 Å². The van der Waals surface area contributed by atoms with Gasteiger partial charge in [-0.05, 0) is 31.4 Å². The second kappa shape index (κ2) is 5.29. The molecule has 1 fully saturated rings. The molecular formula is C16H18N6. The van der Waals surface area contributed by atoms with Crippen LogP contribution in [0, 0.1) is 0 Å². The van der Waals surface area contributed by atoms with Crippen molar-refractivity contribution in [3.8, 4) is 5.82 Å². The van der Waals surface area contributed by atoms with Crippen LogP contribution in [0.4, 0.5) is 11.5 Å². The molecule has 0 saturated carbocycles. The Kier molecular flexibility index (Phi) is 3.14. The summed E-state index contributed by atoms with van der Waals surface area (Å²) in [5.74, 6) is 1.53. The zero-order valence-electron chi connectivity index (χ0n) is 12.3. The second-order valence-corrected chi connectivity index (χ2v) is 5.59. The third-order valence-corrected chi connectivity index (χ3v) is 4.18. The number of hydrogen-bond acceptors (Lipinski definition) is 5. The van der Waals surface area contributed by atoms with Gasteiger partial charge in [0.1, 0.15) is 18.3 Å². The first-order valence-corrected chi connectivity index (χ1v) is 7.62. The van der Waals surface area contributed by atoms with Gasteiger partial charge in [0, 0.05) is 13.1 Å². The van der Waals surface area contributed by atoms with Gasteiger partial charge in [0.2, 0.25) is 0 Å². The van der Waals surface area contributed by atoms with E-state index in [0.29, 0.717) is 11.5 Å². The Morgan fingerprint density at radius 3 is 2.55 bits per heavy atom. The fraction of sp³-hybridized carbons (Fsp3) is 0.312. The molecule has 1 aromatic carbocycles. The fourth-order valence-electron chi connectivity index (χ4n) is 3.05. The smallest absolute Gasteiger partial charge is 0.167 e. The van der Waals surface area contributed by atoms with Gasteiger partial charge in [-0.25, -0.2) is 15.0 Å². The molecule has 0 radical (unpaired) electrons. The zero-order valence-corrected chi connectivity index (χ0v) is 12.3. The molecule has 2 N–H and O–H groups in total. The molecule has 4 rings (SSSR count). The first-order chi connectivity index (χ1) is 10.8. The summed E-state index contributed by atoms with van der Waals surface area (Å²) in [6.45, 7) is 2.01. The van der Waals surface area contributed by atoms with Crippen molar-refractivity contribution in [3.05, 3.63) is 36.9 Å². The van der Waals surface area contributed by atoms with Gasteiger partial charge in [0.05, 0.1) is 11.0 Å². The maximum absolute atomic E-state index is 6.38. The Balaban J connectivity index is 1.82. The van der Waals surface area contributed by atoms with E-state index in [1.165, 1.54) is 19.3 Å². The van der Waals surface area contributed by atoms with E-state index in [4.69, 9.17) is 5.73 Å². The van der Waals surface area contributed by atoms with Gasteiger partial charge in [-0.2, -0.15) is 0 Å². The van der Waals surface area contributed by atoms with Gasteiger partial charge < -0.3 is 10.6 Å². The predicted octanol–water partition coefficient (Wildman–Crippen LogP) is 2.39. The summed E-state index contributed by atoms with van der Waals surface area (Å²) in [4.78, 5) is 15.5. The molecule has 1 aliphatic rings. The summed E-state index contributed by atoms with van der Waals surface area (Å²) in [5, 5.41) is 0. The molecule has 6 heteroatoms. The average molecular weight is 294 g/mol. The summed E-state index contributed by atoms with van der Waals surface area (Å²) >= 11 is 0. The van der Waals surface area contributed by atoms with Crippen LogP contribution in [0.25, 0.3) is 16.9 Å². The van der Waals surface area contributed by atoms with Crippen molar-refractivity contribution >= 4 is 22.5 Å². The third kappa shape index (κ3) is 2.07. The molecule has 0 atom stereocenters. The maximum atomic E-state index is 6.38. The molecule has 3 heterocycles. The minimum Gasteiger partial charge on any atom is -0.393 e. The molecule has 3 aromatic rings. The van der Waals surface area contributed by atoms with Crippen LogP contribution in [0.15, 0.2) is 36.9 Å². The van der Waals surface area contributed by atoms with E-state index in [9.17, 15) is 0 Å². The Labute approximate surface area is 128 Å². The zero-order chi connectivity index (χ0) is 14.9. The SMILES string of the molecule is Nc1c(N2CCCCC2)ncnc1-n1cnc2ccccc21. The Hall–Kier alpha value is -2.63. The standard InChI is InChI=1S/C16H18N6/c17-14-15(21-8-4-1-5-9-21)18-10-19-16(14)22-11-20-12-6-2-3-7-13(12)22/h2-3,6-7,10-11H,1,4-5,8-9,17H2. The van der Waals surface area contributed by atoms with Gasteiger partial charge in [0.15, 0.2) is 11.6 Å². The minimum atomic E-state index is 0.618. The van der Waals surface area contributed by atoms with Crippen LogP contribution in [0.2, 0.25) is 0 Å². The quantitative estimate of drug-likeness (QED) is 0.785. The van der Waals surface area contributed by atoms with Crippen molar-refractivity contribution in [2.24, 2.45) is 0 Å². The van der Waals surface area contributed by atoms with Crippen LogP contribution in [0.3, 0.4) is 0 Å². The van der Waals surface area contributed by atoms with Crippen LogP contribution in [0.1, 0.15) is 19.3 Å². The first kappa shape index (κ1) is 13.1. The Bertz CT molecular complexity index is 803. The highest BCUT2D eigenvalue weighted by atomic mass is 15.2. The molecule has 0 spiro atoms. The lowest BCUT2D eigenvalue weighted by Crippen LogP contribution is -2.31. The van der Waals surface area contributed by atoms with Crippen molar-refractivity contribution in [2.75, 3.05) is 23.7 Å². The lowest BCUT2D eigenvalue weighted by molar-refractivity contribution is 0.573. The highest BCUT2D eigenvalue weighted by Gasteiger charge is 2.19. The van der Waals surface area contributed by atoms with E-state index in [2.05, 4.69) is 19.9 Å². The van der Waals surface area contributed by atoms with Crippen LogP contribution >= 0.6 is 0 Å². The first-order valence-electron chi connectivity index (χ1n) is 7.62. The van der Waals surface area contributed by atoms with Crippen molar-refractivity contribution < 1.29 is 0 Å². The number of benzene rings is 1. The maximum Gasteiger partial charge on any atom is 0.167 e. The highest BCUT2D eigenvalue weighted by molar-refractivity contribution is 5.80.